The minimum atomic E-state index is -0.825. The molecule has 0 aliphatic rings. The van der Waals surface area contributed by atoms with Crippen LogP contribution in [0.15, 0.2) is 24.3 Å². The van der Waals surface area contributed by atoms with E-state index >= 15 is 0 Å². The third-order valence-corrected chi connectivity index (χ3v) is 4.85. The fourth-order valence-electron chi connectivity index (χ4n) is 2.97. The van der Waals surface area contributed by atoms with Crippen molar-refractivity contribution < 1.29 is 14.6 Å². The van der Waals surface area contributed by atoms with Crippen LogP contribution >= 0.6 is 0 Å². The molecule has 1 aromatic carbocycles. The molecular formula is C22H36N6O4. The minimum Gasteiger partial charge on any atom is -0.354 e. The van der Waals surface area contributed by atoms with Crippen molar-refractivity contribution in [2.75, 3.05) is 13.1 Å². The first-order valence-electron chi connectivity index (χ1n) is 11.1. The molecule has 1 rings (SSSR count). The van der Waals surface area contributed by atoms with Gasteiger partial charge in [0, 0.05) is 18.7 Å². The van der Waals surface area contributed by atoms with Crippen molar-refractivity contribution in [2.45, 2.75) is 65.3 Å². The third kappa shape index (κ3) is 11.3. The van der Waals surface area contributed by atoms with Crippen LogP contribution in [0.1, 0.15) is 68.8 Å². The van der Waals surface area contributed by atoms with E-state index in [9.17, 15) is 19.7 Å². The molecule has 178 valence electrons. The number of nitrogens with zero attached hydrogens (tertiary/aromatic N) is 1. The van der Waals surface area contributed by atoms with Crippen LogP contribution in [0.25, 0.3) is 0 Å². The Bertz CT molecular complexity index is 751. The molecule has 10 nitrogen and oxygen atoms in total. The number of hydrazine groups is 1. The van der Waals surface area contributed by atoms with Crippen molar-refractivity contribution in [1.82, 2.24) is 21.4 Å². The molecule has 0 bridgehead atoms. The molecule has 2 amide bonds. The Balaban J connectivity index is 2.67. The maximum atomic E-state index is 12.7. The summed E-state index contributed by atoms with van der Waals surface area (Å²) >= 11 is 0. The number of guanidine groups is 1. The second kappa shape index (κ2) is 14.8. The van der Waals surface area contributed by atoms with Crippen LogP contribution in [0.5, 0.6) is 0 Å². The summed E-state index contributed by atoms with van der Waals surface area (Å²) in [5, 5.41) is 25.1. The van der Waals surface area contributed by atoms with Gasteiger partial charge in [0.2, 0.25) is 5.91 Å². The predicted octanol–water partition coefficient (Wildman–Crippen LogP) is 2.38. The van der Waals surface area contributed by atoms with Gasteiger partial charge in [-0.3, -0.25) is 15.0 Å². The molecule has 0 saturated heterocycles. The van der Waals surface area contributed by atoms with Gasteiger partial charge in [-0.2, -0.15) is 0 Å². The number of carbonyl (C=O) groups is 2. The zero-order chi connectivity index (χ0) is 23.9. The summed E-state index contributed by atoms with van der Waals surface area (Å²) in [5.74, 6) is -0.581. The first-order chi connectivity index (χ1) is 15.2. The number of unbranched alkanes of at least 4 members (excludes halogenated alkanes) is 1. The summed E-state index contributed by atoms with van der Waals surface area (Å²) in [4.78, 5) is 35.7. The van der Waals surface area contributed by atoms with Gasteiger partial charge in [-0.15, -0.1) is 0 Å². The molecule has 0 radical (unpaired) electrons. The highest BCUT2D eigenvalue weighted by Gasteiger charge is 2.21. The number of hydrogen-bond acceptors (Lipinski definition) is 5. The van der Waals surface area contributed by atoms with Gasteiger partial charge in [0.25, 0.3) is 11.9 Å². The molecule has 0 heterocycles. The summed E-state index contributed by atoms with van der Waals surface area (Å²) in [5.41, 5.74) is 3.36. The molecule has 0 saturated carbocycles. The zero-order valence-corrected chi connectivity index (χ0v) is 19.2. The lowest BCUT2D eigenvalue weighted by Gasteiger charge is -2.19. The molecule has 1 atom stereocenters. The number of rotatable bonds is 14. The number of nitro groups is 1. The SMILES string of the molecule is CCCCc1ccc(C(=O)N[C@@H](CCCNC(=N)N[N+](=O)[O-])C(=O)NCCC(C)C)cc1. The lowest BCUT2D eigenvalue weighted by Crippen LogP contribution is -2.47. The second-order valence-electron chi connectivity index (χ2n) is 8.11. The van der Waals surface area contributed by atoms with E-state index < -0.39 is 17.0 Å². The number of aryl methyl sites for hydroxylation is 1. The molecule has 0 unspecified atom stereocenters. The lowest BCUT2D eigenvalue weighted by molar-refractivity contribution is -0.525. The Morgan fingerprint density at radius 1 is 1.06 bits per heavy atom. The largest absolute Gasteiger partial charge is 0.354 e. The van der Waals surface area contributed by atoms with E-state index in [1.54, 1.807) is 17.6 Å². The van der Waals surface area contributed by atoms with Gasteiger partial charge in [0.1, 0.15) is 6.04 Å². The topological polar surface area (TPSA) is 149 Å². The molecule has 10 heteroatoms. The second-order valence-corrected chi connectivity index (χ2v) is 8.11. The van der Waals surface area contributed by atoms with Crippen LogP contribution in [0.4, 0.5) is 0 Å². The van der Waals surface area contributed by atoms with Gasteiger partial charge in [0.05, 0.1) is 0 Å². The molecule has 0 spiro atoms. The fraction of sp³-hybridized carbons (Fsp3) is 0.591. The molecule has 5 N–H and O–H groups in total. The Morgan fingerprint density at radius 2 is 1.75 bits per heavy atom. The van der Waals surface area contributed by atoms with E-state index in [1.807, 2.05) is 12.1 Å². The minimum absolute atomic E-state index is 0.247. The number of benzene rings is 1. The van der Waals surface area contributed by atoms with Crippen LogP contribution in [-0.4, -0.2) is 41.9 Å². The molecule has 0 aliphatic heterocycles. The maximum Gasteiger partial charge on any atom is 0.251 e. The number of nitrogens with one attached hydrogen (secondary N) is 5. The van der Waals surface area contributed by atoms with Gasteiger partial charge in [-0.05, 0) is 55.7 Å². The molecule has 32 heavy (non-hydrogen) atoms. The Kier molecular flexibility index (Phi) is 12.4. The fourth-order valence-corrected chi connectivity index (χ4v) is 2.97. The quantitative estimate of drug-likeness (QED) is 0.0970. The first kappa shape index (κ1) is 26.9. The highest BCUT2D eigenvalue weighted by Crippen LogP contribution is 2.09. The van der Waals surface area contributed by atoms with Crippen molar-refractivity contribution in [3.63, 3.8) is 0 Å². The highest BCUT2D eigenvalue weighted by molar-refractivity contribution is 5.97. The van der Waals surface area contributed by atoms with E-state index in [4.69, 9.17) is 5.41 Å². The molecule has 0 aliphatic carbocycles. The monoisotopic (exact) mass is 448 g/mol. The van der Waals surface area contributed by atoms with Crippen molar-refractivity contribution >= 4 is 17.8 Å². The molecule has 1 aromatic rings. The Labute approximate surface area is 189 Å². The third-order valence-electron chi connectivity index (χ3n) is 4.85. The molecular weight excluding hydrogens is 412 g/mol. The van der Waals surface area contributed by atoms with Crippen molar-refractivity contribution in [2.24, 2.45) is 5.92 Å². The van der Waals surface area contributed by atoms with Crippen LogP contribution in [0.3, 0.4) is 0 Å². The van der Waals surface area contributed by atoms with Gasteiger partial charge < -0.3 is 16.0 Å². The Morgan fingerprint density at radius 3 is 2.34 bits per heavy atom. The summed E-state index contributed by atoms with van der Waals surface area (Å²) < 4.78 is 0. The highest BCUT2D eigenvalue weighted by atomic mass is 16.7. The van der Waals surface area contributed by atoms with E-state index in [1.165, 1.54) is 5.56 Å². The van der Waals surface area contributed by atoms with Crippen molar-refractivity contribution in [3.05, 3.63) is 45.5 Å². The predicted molar refractivity (Wildman–Crippen MR) is 124 cm³/mol. The van der Waals surface area contributed by atoms with Gasteiger partial charge in [-0.1, -0.05) is 44.8 Å². The smallest absolute Gasteiger partial charge is 0.251 e. The standard InChI is InChI=1S/C22H36N6O4/c1-4-5-7-17-9-11-18(12-10-17)20(29)26-19(21(30)24-15-13-16(2)3)8-6-14-25-22(23)27-28(31)32/h9-12,16,19H,4-8,13-15H2,1-3H3,(H,24,30)(H,26,29)(H3,23,25,27)/t19-/m0/s1. The summed E-state index contributed by atoms with van der Waals surface area (Å²) in [6.45, 7) is 7.03. The number of amides is 2. The van der Waals surface area contributed by atoms with E-state index in [0.717, 1.165) is 25.7 Å². The summed E-state index contributed by atoms with van der Waals surface area (Å²) in [6, 6.07) is 6.65. The lowest BCUT2D eigenvalue weighted by atomic mass is 10.1. The normalized spacial score (nSPS) is 11.5. The number of hydrogen-bond donors (Lipinski definition) is 5. The van der Waals surface area contributed by atoms with Crippen LogP contribution in [0.2, 0.25) is 0 Å². The van der Waals surface area contributed by atoms with Crippen LogP contribution in [-0.2, 0) is 11.2 Å². The molecule has 0 aromatic heterocycles. The van der Waals surface area contributed by atoms with Crippen molar-refractivity contribution in [1.29, 1.82) is 5.41 Å². The van der Waals surface area contributed by atoms with Crippen molar-refractivity contribution in [3.8, 4) is 0 Å². The van der Waals surface area contributed by atoms with Crippen LogP contribution < -0.4 is 21.4 Å². The zero-order valence-electron chi connectivity index (χ0n) is 19.2. The maximum absolute atomic E-state index is 12.7. The Hall–Kier alpha value is -3.17. The van der Waals surface area contributed by atoms with E-state index in [2.05, 4.69) is 36.7 Å². The average Bonchev–Trinajstić information content (AvgIpc) is 2.73. The van der Waals surface area contributed by atoms with E-state index in [-0.39, 0.29) is 18.4 Å². The van der Waals surface area contributed by atoms with Gasteiger partial charge >= 0.3 is 0 Å². The van der Waals surface area contributed by atoms with Gasteiger partial charge in [0.15, 0.2) is 5.03 Å². The number of carbonyl (C=O) groups excluding carboxylic acids is 2. The first-order valence-corrected chi connectivity index (χ1v) is 11.1. The van der Waals surface area contributed by atoms with Crippen LogP contribution in [0, 0.1) is 21.4 Å². The molecule has 0 fully saturated rings. The van der Waals surface area contributed by atoms with E-state index in [0.29, 0.717) is 30.9 Å². The average molecular weight is 449 g/mol. The van der Waals surface area contributed by atoms with Gasteiger partial charge in [-0.25, -0.2) is 10.1 Å². The summed E-state index contributed by atoms with van der Waals surface area (Å²) in [7, 11) is 0. The summed E-state index contributed by atoms with van der Waals surface area (Å²) in [6.07, 6.45) is 4.75.